The van der Waals surface area contributed by atoms with Crippen molar-refractivity contribution in [3.05, 3.63) is 0 Å². The second-order valence-electron chi connectivity index (χ2n) is 3.98. The Hall–Kier alpha value is -0.410. The Morgan fingerprint density at radius 2 is 2.21 bits per heavy atom. The van der Waals surface area contributed by atoms with Gasteiger partial charge in [0.25, 0.3) is 0 Å². The molecule has 0 aromatic rings. The van der Waals surface area contributed by atoms with Gasteiger partial charge in [0, 0.05) is 18.9 Å². The summed E-state index contributed by atoms with van der Waals surface area (Å²) in [5, 5.41) is 0. The molecular formula is C11H21NO2. The average molecular weight is 199 g/mol. The summed E-state index contributed by atoms with van der Waals surface area (Å²) in [5.41, 5.74) is 5.38. The van der Waals surface area contributed by atoms with Crippen LogP contribution in [-0.2, 0) is 9.53 Å². The summed E-state index contributed by atoms with van der Waals surface area (Å²) in [6.45, 7) is 2.22. The zero-order valence-electron chi connectivity index (χ0n) is 8.84. The number of hydrogen-bond acceptors (Lipinski definition) is 3. The minimum Gasteiger partial charge on any atom is -0.381 e. The van der Waals surface area contributed by atoms with E-state index in [2.05, 4.69) is 0 Å². The standard InChI is InChI=1S/C11H21NO2/c12-7-3-1-2-6-11(13)10-5-4-8-14-9-10/h10H,1-9,12H2. The molecule has 1 unspecified atom stereocenters. The third-order valence-corrected chi connectivity index (χ3v) is 2.74. The highest BCUT2D eigenvalue weighted by Crippen LogP contribution is 2.17. The fourth-order valence-electron chi connectivity index (χ4n) is 1.82. The van der Waals surface area contributed by atoms with E-state index in [0.717, 1.165) is 45.3 Å². The van der Waals surface area contributed by atoms with Crippen LogP contribution >= 0.6 is 0 Å². The maximum Gasteiger partial charge on any atom is 0.138 e. The molecule has 0 radical (unpaired) electrons. The fraction of sp³-hybridized carbons (Fsp3) is 0.909. The van der Waals surface area contributed by atoms with Gasteiger partial charge in [-0.2, -0.15) is 0 Å². The number of hydrogen-bond donors (Lipinski definition) is 1. The van der Waals surface area contributed by atoms with E-state index in [1.807, 2.05) is 0 Å². The van der Waals surface area contributed by atoms with Crippen molar-refractivity contribution in [3.8, 4) is 0 Å². The molecule has 3 nitrogen and oxygen atoms in total. The van der Waals surface area contributed by atoms with Crippen molar-refractivity contribution in [3.63, 3.8) is 0 Å². The number of carbonyl (C=O) groups excluding carboxylic acids is 1. The molecule has 0 aliphatic carbocycles. The van der Waals surface area contributed by atoms with Crippen molar-refractivity contribution in [2.45, 2.75) is 38.5 Å². The van der Waals surface area contributed by atoms with E-state index in [1.165, 1.54) is 0 Å². The first kappa shape index (κ1) is 11.7. The lowest BCUT2D eigenvalue weighted by Crippen LogP contribution is -2.25. The van der Waals surface area contributed by atoms with Crippen LogP contribution in [0.1, 0.15) is 38.5 Å². The van der Waals surface area contributed by atoms with Crippen LogP contribution in [0.25, 0.3) is 0 Å². The van der Waals surface area contributed by atoms with Crippen LogP contribution < -0.4 is 5.73 Å². The molecule has 1 atom stereocenters. The number of ketones is 1. The van der Waals surface area contributed by atoms with Crippen LogP contribution in [-0.4, -0.2) is 25.5 Å². The summed E-state index contributed by atoms with van der Waals surface area (Å²) in [6.07, 6.45) is 5.89. The molecule has 1 rings (SSSR count). The molecule has 1 heterocycles. The van der Waals surface area contributed by atoms with E-state index in [-0.39, 0.29) is 5.92 Å². The molecule has 0 saturated carbocycles. The van der Waals surface area contributed by atoms with Gasteiger partial charge in [-0.25, -0.2) is 0 Å². The third-order valence-electron chi connectivity index (χ3n) is 2.74. The van der Waals surface area contributed by atoms with Gasteiger partial charge in [-0.3, -0.25) is 4.79 Å². The molecule has 0 amide bonds. The lowest BCUT2D eigenvalue weighted by atomic mass is 9.94. The van der Waals surface area contributed by atoms with Crippen LogP contribution in [0.15, 0.2) is 0 Å². The summed E-state index contributed by atoms with van der Waals surface area (Å²) in [5.74, 6) is 0.573. The number of Topliss-reactive ketones (excluding diaryl/α,β-unsaturated/α-hetero) is 1. The predicted molar refractivity (Wildman–Crippen MR) is 56.1 cm³/mol. The van der Waals surface area contributed by atoms with Crippen LogP contribution in [0.2, 0.25) is 0 Å². The van der Waals surface area contributed by atoms with Crippen molar-refractivity contribution in [2.24, 2.45) is 11.7 Å². The molecule has 2 N–H and O–H groups in total. The summed E-state index contributed by atoms with van der Waals surface area (Å²) >= 11 is 0. The first-order chi connectivity index (χ1) is 6.84. The van der Waals surface area contributed by atoms with E-state index in [4.69, 9.17) is 10.5 Å². The molecule has 0 spiro atoms. The smallest absolute Gasteiger partial charge is 0.138 e. The zero-order chi connectivity index (χ0) is 10.2. The van der Waals surface area contributed by atoms with Crippen molar-refractivity contribution >= 4 is 5.78 Å². The van der Waals surface area contributed by atoms with E-state index in [1.54, 1.807) is 0 Å². The molecule has 14 heavy (non-hydrogen) atoms. The Morgan fingerprint density at radius 1 is 1.36 bits per heavy atom. The molecule has 0 aromatic heterocycles. The largest absolute Gasteiger partial charge is 0.381 e. The van der Waals surface area contributed by atoms with Crippen molar-refractivity contribution < 1.29 is 9.53 Å². The Morgan fingerprint density at radius 3 is 2.86 bits per heavy atom. The third kappa shape index (κ3) is 4.20. The van der Waals surface area contributed by atoms with E-state index in [9.17, 15) is 4.79 Å². The highest BCUT2D eigenvalue weighted by atomic mass is 16.5. The normalized spacial score (nSPS) is 22.2. The molecule has 1 saturated heterocycles. The monoisotopic (exact) mass is 199 g/mol. The maximum atomic E-state index is 11.6. The number of rotatable bonds is 6. The van der Waals surface area contributed by atoms with E-state index in [0.29, 0.717) is 18.8 Å². The average Bonchev–Trinajstić information content (AvgIpc) is 2.25. The highest BCUT2D eigenvalue weighted by molar-refractivity contribution is 5.81. The summed E-state index contributed by atoms with van der Waals surface area (Å²) in [6, 6.07) is 0. The zero-order valence-corrected chi connectivity index (χ0v) is 8.84. The quantitative estimate of drug-likeness (QED) is 0.659. The molecule has 1 fully saturated rings. The highest BCUT2D eigenvalue weighted by Gasteiger charge is 2.20. The topological polar surface area (TPSA) is 52.3 Å². The molecule has 0 aromatic carbocycles. The summed E-state index contributed by atoms with van der Waals surface area (Å²) < 4.78 is 5.29. The van der Waals surface area contributed by atoms with E-state index < -0.39 is 0 Å². The van der Waals surface area contributed by atoms with Gasteiger partial charge in [-0.15, -0.1) is 0 Å². The fourth-order valence-corrected chi connectivity index (χ4v) is 1.82. The summed E-state index contributed by atoms with van der Waals surface area (Å²) in [7, 11) is 0. The molecule has 1 aliphatic rings. The lowest BCUT2D eigenvalue weighted by Gasteiger charge is -2.20. The van der Waals surface area contributed by atoms with Gasteiger partial charge in [0.1, 0.15) is 5.78 Å². The van der Waals surface area contributed by atoms with Crippen molar-refractivity contribution in [1.29, 1.82) is 0 Å². The minimum atomic E-state index is 0.182. The number of unbranched alkanes of at least 4 members (excludes halogenated alkanes) is 2. The van der Waals surface area contributed by atoms with Gasteiger partial charge in [0.2, 0.25) is 0 Å². The second-order valence-corrected chi connectivity index (χ2v) is 3.98. The van der Waals surface area contributed by atoms with Crippen molar-refractivity contribution in [1.82, 2.24) is 0 Å². The van der Waals surface area contributed by atoms with Crippen LogP contribution in [0, 0.1) is 5.92 Å². The SMILES string of the molecule is NCCCCCC(=O)C1CCCOC1. The minimum absolute atomic E-state index is 0.182. The molecule has 3 heteroatoms. The maximum absolute atomic E-state index is 11.6. The Bertz CT molecular complexity index is 165. The van der Waals surface area contributed by atoms with Gasteiger partial charge in [0.05, 0.1) is 6.61 Å². The first-order valence-electron chi connectivity index (χ1n) is 5.65. The van der Waals surface area contributed by atoms with Crippen LogP contribution in [0.4, 0.5) is 0 Å². The molecule has 0 bridgehead atoms. The van der Waals surface area contributed by atoms with Crippen LogP contribution in [0.3, 0.4) is 0 Å². The number of carbonyl (C=O) groups is 1. The van der Waals surface area contributed by atoms with Gasteiger partial charge in [-0.1, -0.05) is 6.42 Å². The number of ether oxygens (including phenoxy) is 1. The van der Waals surface area contributed by atoms with Crippen molar-refractivity contribution in [2.75, 3.05) is 19.8 Å². The summed E-state index contributed by atoms with van der Waals surface area (Å²) in [4.78, 5) is 11.6. The van der Waals surface area contributed by atoms with Crippen LogP contribution in [0.5, 0.6) is 0 Å². The Balaban J connectivity index is 2.07. The van der Waals surface area contributed by atoms with Gasteiger partial charge in [0.15, 0.2) is 0 Å². The predicted octanol–water partition coefficient (Wildman–Crippen LogP) is 1.50. The number of nitrogens with two attached hydrogens (primary N) is 1. The van der Waals surface area contributed by atoms with Gasteiger partial charge >= 0.3 is 0 Å². The first-order valence-corrected chi connectivity index (χ1v) is 5.65. The molecular weight excluding hydrogens is 178 g/mol. The Kier molecular flexibility index (Phi) is 5.80. The van der Waals surface area contributed by atoms with E-state index >= 15 is 0 Å². The molecule has 82 valence electrons. The van der Waals surface area contributed by atoms with Gasteiger partial charge < -0.3 is 10.5 Å². The Labute approximate surface area is 86.0 Å². The van der Waals surface area contributed by atoms with Gasteiger partial charge in [-0.05, 0) is 32.2 Å². The molecule has 1 aliphatic heterocycles. The second kappa shape index (κ2) is 6.96. The lowest BCUT2D eigenvalue weighted by molar-refractivity contribution is -0.126.